The van der Waals surface area contributed by atoms with E-state index in [2.05, 4.69) is 18.7 Å². The molecule has 5 heteroatoms. The van der Waals surface area contributed by atoms with Gasteiger partial charge in [-0.25, -0.2) is 0 Å². The number of hydrogen-bond acceptors (Lipinski definition) is 4. The van der Waals surface area contributed by atoms with Crippen molar-refractivity contribution in [1.29, 1.82) is 0 Å². The first kappa shape index (κ1) is 14.4. The van der Waals surface area contributed by atoms with Crippen molar-refractivity contribution in [2.75, 3.05) is 13.7 Å². The first-order chi connectivity index (χ1) is 8.94. The molecular weight excluding hydrogens is 241 g/mol. The van der Waals surface area contributed by atoms with Crippen LogP contribution in [0.1, 0.15) is 32.3 Å². The van der Waals surface area contributed by atoms with Gasteiger partial charge in [-0.15, -0.1) is 0 Å². The molecule has 0 bridgehead atoms. The highest BCUT2D eigenvalue weighted by Crippen LogP contribution is 2.29. The largest absolute Gasteiger partial charge is 0.497 e. The molecule has 4 nitrogen and oxygen atoms in total. The fourth-order valence-corrected chi connectivity index (χ4v) is 2.76. The second-order valence-corrected chi connectivity index (χ2v) is 5.78. The minimum Gasteiger partial charge on any atom is -0.497 e. The first-order valence-electron chi connectivity index (χ1n) is 6.72. The Labute approximate surface area is 115 Å². The summed E-state index contributed by atoms with van der Waals surface area (Å²) in [7, 11) is 0.181. The minimum atomic E-state index is -1.44. The summed E-state index contributed by atoms with van der Waals surface area (Å²) in [6, 6.07) is 5.37. The van der Waals surface area contributed by atoms with Crippen molar-refractivity contribution >= 4 is 12.6 Å². The maximum Gasteiger partial charge on any atom is 0.488 e. The number of likely N-dealkylation sites (tertiary alicyclic amines) is 1. The fraction of sp³-hybridized carbons (Fsp3) is 0.571. The van der Waals surface area contributed by atoms with Crippen molar-refractivity contribution in [2.24, 2.45) is 0 Å². The Bertz CT molecular complexity index is 448. The second-order valence-electron chi connectivity index (χ2n) is 5.78. The van der Waals surface area contributed by atoms with Crippen LogP contribution in [-0.2, 0) is 6.54 Å². The lowest BCUT2D eigenvalue weighted by Gasteiger charge is -2.32. The van der Waals surface area contributed by atoms with E-state index in [1.54, 1.807) is 19.2 Å². The third-order valence-corrected chi connectivity index (χ3v) is 4.06. The van der Waals surface area contributed by atoms with Gasteiger partial charge in [0.05, 0.1) is 7.11 Å². The molecule has 1 aliphatic heterocycles. The van der Waals surface area contributed by atoms with Crippen molar-refractivity contribution in [1.82, 2.24) is 4.90 Å². The Hall–Kier alpha value is -1.04. The first-order valence-corrected chi connectivity index (χ1v) is 6.72. The third kappa shape index (κ3) is 3.11. The fourth-order valence-electron chi connectivity index (χ4n) is 2.76. The number of benzene rings is 1. The van der Waals surface area contributed by atoms with E-state index in [9.17, 15) is 10.0 Å². The van der Waals surface area contributed by atoms with Crippen LogP contribution in [-0.4, -0.2) is 41.3 Å². The Morgan fingerprint density at radius 3 is 2.63 bits per heavy atom. The van der Waals surface area contributed by atoms with Gasteiger partial charge in [0, 0.05) is 12.1 Å². The van der Waals surface area contributed by atoms with E-state index in [0.717, 1.165) is 24.4 Å². The maximum absolute atomic E-state index is 9.47. The van der Waals surface area contributed by atoms with Crippen LogP contribution < -0.4 is 10.2 Å². The van der Waals surface area contributed by atoms with Crippen LogP contribution in [0.25, 0.3) is 0 Å². The normalized spacial score (nSPS) is 18.6. The van der Waals surface area contributed by atoms with Crippen molar-refractivity contribution < 1.29 is 14.8 Å². The van der Waals surface area contributed by atoms with E-state index in [1.807, 2.05) is 6.07 Å². The van der Waals surface area contributed by atoms with E-state index in [0.29, 0.717) is 5.46 Å². The quantitative estimate of drug-likeness (QED) is 0.787. The molecule has 1 saturated heterocycles. The molecule has 19 heavy (non-hydrogen) atoms. The van der Waals surface area contributed by atoms with Crippen molar-refractivity contribution in [3.05, 3.63) is 23.8 Å². The molecule has 1 heterocycles. The van der Waals surface area contributed by atoms with Crippen LogP contribution in [0.4, 0.5) is 0 Å². The van der Waals surface area contributed by atoms with E-state index in [1.165, 1.54) is 12.8 Å². The zero-order valence-electron chi connectivity index (χ0n) is 11.9. The molecule has 0 atom stereocenters. The second kappa shape index (κ2) is 5.53. The summed E-state index contributed by atoms with van der Waals surface area (Å²) in [5.41, 5.74) is 1.65. The summed E-state index contributed by atoms with van der Waals surface area (Å²) >= 11 is 0. The molecule has 1 aliphatic rings. The molecule has 1 aromatic rings. The topological polar surface area (TPSA) is 52.9 Å². The Morgan fingerprint density at radius 2 is 2.11 bits per heavy atom. The van der Waals surface area contributed by atoms with Crippen LogP contribution in [0.3, 0.4) is 0 Å². The average molecular weight is 263 g/mol. The molecule has 2 rings (SSSR count). The van der Waals surface area contributed by atoms with Gasteiger partial charge in [0.25, 0.3) is 0 Å². The zero-order valence-corrected chi connectivity index (χ0v) is 11.9. The van der Waals surface area contributed by atoms with Gasteiger partial charge in [-0.3, -0.25) is 4.90 Å². The summed E-state index contributed by atoms with van der Waals surface area (Å²) in [5.74, 6) is 0.747. The molecule has 104 valence electrons. The number of rotatable bonds is 4. The van der Waals surface area contributed by atoms with Gasteiger partial charge in [0.2, 0.25) is 0 Å². The van der Waals surface area contributed by atoms with E-state index >= 15 is 0 Å². The summed E-state index contributed by atoms with van der Waals surface area (Å²) in [6.45, 7) is 6.23. The summed E-state index contributed by atoms with van der Waals surface area (Å²) in [5, 5.41) is 18.9. The molecule has 0 saturated carbocycles. The lowest BCUT2D eigenvalue weighted by atomic mass is 9.76. The van der Waals surface area contributed by atoms with Gasteiger partial charge < -0.3 is 14.8 Å². The lowest BCUT2D eigenvalue weighted by Crippen LogP contribution is -2.41. The van der Waals surface area contributed by atoms with Crippen LogP contribution in [0.2, 0.25) is 0 Å². The van der Waals surface area contributed by atoms with Gasteiger partial charge in [-0.1, -0.05) is 6.07 Å². The Morgan fingerprint density at radius 1 is 1.37 bits per heavy atom. The van der Waals surface area contributed by atoms with Crippen molar-refractivity contribution in [3.8, 4) is 5.75 Å². The highest BCUT2D eigenvalue weighted by molar-refractivity contribution is 6.59. The molecule has 2 N–H and O–H groups in total. The van der Waals surface area contributed by atoms with Crippen molar-refractivity contribution in [3.63, 3.8) is 0 Å². The van der Waals surface area contributed by atoms with Gasteiger partial charge in [-0.05, 0) is 56.4 Å². The van der Waals surface area contributed by atoms with Crippen LogP contribution in [0, 0.1) is 0 Å². The molecule has 0 aromatic heterocycles. The summed E-state index contributed by atoms with van der Waals surface area (Å²) < 4.78 is 5.22. The molecule has 0 unspecified atom stereocenters. The molecule has 0 radical (unpaired) electrons. The maximum atomic E-state index is 9.47. The van der Waals surface area contributed by atoms with Gasteiger partial charge in [0.15, 0.2) is 0 Å². The Balaban J connectivity index is 2.27. The zero-order chi connectivity index (χ0) is 14.0. The molecular formula is C14H22BNO3. The highest BCUT2D eigenvalue weighted by atomic mass is 16.5. The third-order valence-electron chi connectivity index (χ3n) is 4.06. The predicted octanol–water partition coefficient (Wildman–Crippen LogP) is 0.749. The smallest absolute Gasteiger partial charge is 0.488 e. The predicted molar refractivity (Wildman–Crippen MR) is 76.5 cm³/mol. The number of nitrogens with zero attached hydrogens (tertiary/aromatic N) is 1. The van der Waals surface area contributed by atoms with Crippen LogP contribution >= 0.6 is 0 Å². The lowest BCUT2D eigenvalue weighted by molar-refractivity contribution is 0.166. The summed E-state index contributed by atoms with van der Waals surface area (Å²) in [4.78, 5) is 2.38. The monoisotopic (exact) mass is 263 g/mol. The molecule has 1 aromatic carbocycles. The van der Waals surface area contributed by atoms with E-state index in [4.69, 9.17) is 4.74 Å². The number of hydrogen-bond donors (Lipinski definition) is 2. The average Bonchev–Trinajstić information content (AvgIpc) is 2.68. The highest BCUT2D eigenvalue weighted by Gasteiger charge is 2.32. The van der Waals surface area contributed by atoms with E-state index < -0.39 is 7.12 Å². The van der Waals surface area contributed by atoms with E-state index in [-0.39, 0.29) is 5.54 Å². The van der Waals surface area contributed by atoms with Crippen LogP contribution in [0.5, 0.6) is 5.75 Å². The Kier molecular flexibility index (Phi) is 4.18. The standard InChI is InChI=1S/C14H22BNO3/c1-14(2)7-4-8-16(14)10-11-9-12(19-3)5-6-13(11)15(17)18/h5-6,9,17-18H,4,7-8,10H2,1-3H3. The van der Waals surface area contributed by atoms with Crippen molar-refractivity contribution in [2.45, 2.75) is 38.8 Å². The van der Waals surface area contributed by atoms with Crippen LogP contribution in [0.15, 0.2) is 18.2 Å². The van der Waals surface area contributed by atoms with Gasteiger partial charge in [-0.2, -0.15) is 0 Å². The number of methoxy groups -OCH3 is 1. The molecule has 1 fully saturated rings. The number of ether oxygens (including phenoxy) is 1. The SMILES string of the molecule is COc1ccc(B(O)O)c(CN2CCCC2(C)C)c1. The van der Waals surface area contributed by atoms with Gasteiger partial charge >= 0.3 is 7.12 Å². The molecule has 0 spiro atoms. The summed E-state index contributed by atoms with van der Waals surface area (Å²) in [6.07, 6.45) is 2.36. The molecule has 0 aliphatic carbocycles. The molecule has 0 amide bonds. The van der Waals surface area contributed by atoms with Gasteiger partial charge in [0.1, 0.15) is 5.75 Å². The minimum absolute atomic E-state index is 0.167.